The van der Waals surface area contributed by atoms with Crippen LogP contribution >= 0.6 is 0 Å². The molecule has 1 aromatic heterocycles. The lowest BCUT2D eigenvalue weighted by molar-refractivity contribution is -0.136. The molecule has 5 heteroatoms. The van der Waals surface area contributed by atoms with Gasteiger partial charge in [-0.2, -0.15) is 5.10 Å². The lowest BCUT2D eigenvalue weighted by Gasteiger charge is -2.32. The van der Waals surface area contributed by atoms with Crippen molar-refractivity contribution in [2.24, 2.45) is 5.92 Å². The molecule has 0 radical (unpaired) electrons. The summed E-state index contributed by atoms with van der Waals surface area (Å²) >= 11 is 0. The normalized spacial score (nSPS) is 25.6. The molecule has 1 aromatic rings. The monoisotopic (exact) mass is 304 g/mol. The van der Waals surface area contributed by atoms with E-state index in [1.807, 2.05) is 4.68 Å². The van der Waals surface area contributed by atoms with E-state index in [1.165, 1.54) is 12.8 Å². The maximum absolute atomic E-state index is 12.9. The summed E-state index contributed by atoms with van der Waals surface area (Å²) in [4.78, 5) is 19.5. The Morgan fingerprint density at radius 2 is 2.00 bits per heavy atom. The summed E-state index contributed by atoms with van der Waals surface area (Å²) in [6.07, 6.45) is 10.7. The predicted octanol–water partition coefficient (Wildman–Crippen LogP) is 2.97. The number of nitrogens with zero attached hydrogens (tertiary/aromatic N) is 4. The Balaban J connectivity index is 1.77. The molecular formula is C17H28N4O. The number of hydrogen-bond donors (Lipinski definition) is 0. The van der Waals surface area contributed by atoms with E-state index in [1.54, 1.807) is 6.33 Å². The van der Waals surface area contributed by atoms with Gasteiger partial charge < -0.3 is 4.90 Å². The summed E-state index contributed by atoms with van der Waals surface area (Å²) in [5.41, 5.74) is 0. The maximum Gasteiger partial charge on any atom is 0.226 e. The second-order valence-corrected chi connectivity index (χ2v) is 6.72. The molecule has 0 N–H and O–H groups in total. The van der Waals surface area contributed by atoms with Gasteiger partial charge in [0.25, 0.3) is 0 Å². The van der Waals surface area contributed by atoms with Gasteiger partial charge in [0.1, 0.15) is 12.2 Å². The predicted molar refractivity (Wildman–Crippen MR) is 85.4 cm³/mol. The molecule has 1 amide bonds. The Bertz CT molecular complexity index is 493. The van der Waals surface area contributed by atoms with E-state index in [0.29, 0.717) is 5.91 Å². The van der Waals surface area contributed by atoms with E-state index in [-0.39, 0.29) is 11.8 Å². The minimum Gasteiger partial charge on any atom is -0.342 e. The third-order valence-electron chi connectivity index (χ3n) is 5.20. The van der Waals surface area contributed by atoms with E-state index in [2.05, 4.69) is 21.9 Å². The van der Waals surface area contributed by atoms with Crippen molar-refractivity contribution >= 4 is 5.91 Å². The molecule has 0 aromatic carbocycles. The first kappa shape index (κ1) is 15.5. The average Bonchev–Trinajstić information content (AvgIpc) is 3.23. The minimum absolute atomic E-state index is 0.122. The van der Waals surface area contributed by atoms with E-state index < -0.39 is 0 Å². The second kappa shape index (κ2) is 7.25. The molecule has 1 aliphatic heterocycles. The standard InChI is InChI=1S/C17H28N4O/c1-2-3-12-21-16(18-13-19-21)14-8-4-5-9-15(14)17(22)20-10-6-7-11-20/h13-15H,2-12H2,1H3/t14-,15+/m0/s1. The van der Waals surface area contributed by atoms with Gasteiger partial charge in [-0.05, 0) is 32.1 Å². The zero-order valence-corrected chi connectivity index (χ0v) is 13.7. The van der Waals surface area contributed by atoms with Crippen LogP contribution in [-0.4, -0.2) is 38.7 Å². The Kier molecular flexibility index (Phi) is 5.11. The molecule has 1 saturated heterocycles. The highest BCUT2D eigenvalue weighted by molar-refractivity contribution is 5.80. The zero-order chi connectivity index (χ0) is 15.4. The molecule has 0 spiro atoms. The van der Waals surface area contributed by atoms with Gasteiger partial charge in [-0.3, -0.25) is 4.79 Å². The molecule has 3 rings (SSSR count). The van der Waals surface area contributed by atoms with Crippen LogP contribution in [0.5, 0.6) is 0 Å². The lowest BCUT2D eigenvalue weighted by atomic mass is 9.78. The van der Waals surface area contributed by atoms with Crippen LogP contribution in [0.3, 0.4) is 0 Å². The number of likely N-dealkylation sites (tertiary alicyclic amines) is 1. The van der Waals surface area contributed by atoms with Crippen molar-refractivity contribution in [3.63, 3.8) is 0 Å². The summed E-state index contributed by atoms with van der Waals surface area (Å²) in [5.74, 6) is 1.80. The Morgan fingerprint density at radius 1 is 1.23 bits per heavy atom. The van der Waals surface area contributed by atoms with Gasteiger partial charge in [-0.1, -0.05) is 26.2 Å². The van der Waals surface area contributed by atoms with Crippen LogP contribution in [0.4, 0.5) is 0 Å². The van der Waals surface area contributed by atoms with E-state index in [4.69, 9.17) is 0 Å². The fourth-order valence-corrected chi connectivity index (χ4v) is 3.95. The molecule has 1 saturated carbocycles. The summed E-state index contributed by atoms with van der Waals surface area (Å²) < 4.78 is 2.05. The largest absolute Gasteiger partial charge is 0.342 e. The third-order valence-corrected chi connectivity index (χ3v) is 5.20. The molecule has 0 bridgehead atoms. The molecule has 0 unspecified atom stereocenters. The van der Waals surface area contributed by atoms with Crippen LogP contribution in [0.25, 0.3) is 0 Å². The molecule has 1 aliphatic carbocycles. The highest BCUT2D eigenvalue weighted by Gasteiger charge is 2.37. The summed E-state index contributed by atoms with van der Waals surface area (Å²) in [6, 6.07) is 0. The van der Waals surface area contributed by atoms with Crippen molar-refractivity contribution in [2.45, 2.75) is 70.8 Å². The second-order valence-electron chi connectivity index (χ2n) is 6.72. The van der Waals surface area contributed by atoms with Gasteiger partial charge in [0.05, 0.1) is 0 Å². The number of carbonyl (C=O) groups excluding carboxylic acids is 1. The van der Waals surface area contributed by atoms with Crippen molar-refractivity contribution in [2.75, 3.05) is 13.1 Å². The molecule has 5 nitrogen and oxygen atoms in total. The highest BCUT2D eigenvalue weighted by atomic mass is 16.2. The van der Waals surface area contributed by atoms with Crippen LogP contribution in [0, 0.1) is 5.92 Å². The minimum atomic E-state index is 0.122. The Labute approximate surface area is 133 Å². The number of amides is 1. The summed E-state index contributed by atoms with van der Waals surface area (Å²) in [5, 5.41) is 4.40. The SMILES string of the molecule is CCCCn1ncnc1[C@H]1CCCC[C@H]1C(=O)N1CCCC1. The highest BCUT2D eigenvalue weighted by Crippen LogP contribution is 2.38. The van der Waals surface area contributed by atoms with Gasteiger partial charge in [0.2, 0.25) is 5.91 Å². The molecule has 122 valence electrons. The topological polar surface area (TPSA) is 51.0 Å². The molecule has 2 heterocycles. The summed E-state index contributed by atoms with van der Waals surface area (Å²) in [6.45, 7) is 5.01. The number of aromatic nitrogens is 3. The van der Waals surface area contributed by atoms with E-state index in [9.17, 15) is 4.79 Å². The van der Waals surface area contributed by atoms with Crippen molar-refractivity contribution in [3.8, 4) is 0 Å². The van der Waals surface area contributed by atoms with E-state index >= 15 is 0 Å². The quantitative estimate of drug-likeness (QED) is 0.840. The van der Waals surface area contributed by atoms with Crippen LogP contribution in [0.1, 0.15) is 70.0 Å². The van der Waals surface area contributed by atoms with Crippen LogP contribution in [-0.2, 0) is 11.3 Å². The lowest BCUT2D eigenvalue weighted by Crippen LogP contribution is -2.38. The van der Waals surface area contributed by atoms with Crippen molar-refractivity contribution < 1.29 is 4.79 Å². The van der Waals surface area contributed by atoms with Crippen molar-refractivity contribution in [1.82, 2.24) is 19.7 Å². The number of aryl methyl sites for hydroxylation is 1. The number of carbonyl (C=O) groups is 1. The molecule has 2 fully saturated rings. The molecule has 2 aliphatic rings. The number of rotatable bonds is 5. The van der Waals surface area contributed by atoms with Gasteiger partial charge in [-0.25, -0.2) is 9.67 Å². The third kappa shape index (κ3) is 3.18. The molecular weight excluding hydrogens is 276 g/mol. The fourth-order valence-electron chi connectivity index (χ4n) is 3.95. The number of unbranched alkanes of at least 4 members (excludes halogenated alkanes) is 1. The van der Waals surface area contributed by atoms with E-state index in [0.717, 1.165) is 64.0 Å². The van der Waals surface area contributed by atoms with Gasteiger partial charge in [-0.15, -0.1) is 0 Å². The first-order valence-electron chi connectivity index (χ1n) is 8.97. The van der Waals surface area contributed by atoms with Crippen molar-refractivity contribution in [3.05, 3.63) is 12.2 Å². The molecule has 22 heavy (non-hydrogen) atoms. The Hall–Kier alpha value is -1.39. The van der Waals surface area contributed by atoms with Gasteiger partial charge in [0.15, 0.2) is 0 Å². The van der Waals surface area contributed by atoms with Gasteiger partial charge in [0, 0.05) is 31.5 Å². The van der Waals surface area contributed by atoms with Crippen LogP contribution in [0.15, 0.2) is 6.33 Å². The smallest absolute Gasteiger partial charge is 0.226 e. The fraction of sp³-hybridized carbons (Fsp3) is 0.824. The maximum atomic E-state index is 12.9. The zero-order valence-electron chi connectivity index (χ0n) is 13.7. The number of hydrogen-bond acceptors (Lipinski definition) is 3. The molecule has 2 atom stereocenters. The van der Waals surface area contributed by atoms with Crippen LogP contribution < -0.4 is 0 Å². The van der Waals surface area contributed by atoms with Crippen LogP contribution in [0.2, 0.25) is 0 Å². The first-order valence-corrected chi connectivity index (χ1v) is 8.97. The van der Waals surface area contributed by atoms with Crippen molar-refractivity contribution in [1.29, 1.82) is 0 Å². The Morgan fingerprint density at radius 3 is 2.77 bits per heavy atom. The van der Waals surface area contributed by atoms with Gasteiger partial charge >= 0.3 is 0 Å². The average molecular weight is 304 g/mol. The first-order chi connectivity index (χ1) is 10.8. The summed E-state index contributed by atoms with van der Waals surface area (Å²) in [7, 11) is 0.